The van der Waals surface area contributed by atoms with E-state index in [1.54, 1.807) is 24.3 Å². The van der Waals surface area contributed by atoms with Gasteiger partial charge >= 0.3 is 5.97 Å². The van der Waals surface area contributed by atoms with E-state index in [0.717, 1.165) is 6.54 Å². The highest BCUT2D eigenvalue weighted by Crippen LogP contribution is 2.18. The second kappa shape index (κ2) is 7.84. The van der Waals surface area contributed by atoms with Crippen molar-refractivity contribution in [2.75, 3.05) is 37.7 Å². The fourth-order valence-corrected chi connectivity index (χ4v) is 2.48. The molecule has 1 rings (SSSR count). The normalized spacial score (nSPS) is 11.4. The lowest BCUT2D eigenvalue weighted by molar-refractivity contribution is -0.136. The molecule has 0 aliphatic heterocycles. The second-order valence-corrected chi connectivity index (χ2v) is 6.59. The van der Waals surface area contributed by atoms with E-state index in [2.05, 4.69) is 4.72 Å². The summed E-state index contributed by atoms with van der Waals surface area (Å²) in [6.07, 6.45) is -0.436. The van der Waals surface area contributed by atoms with Crippen LogP contribution in [0, 0.1) is 0 Å². The molecule has 0 spiro atoms. The van der Waals surface area contributed by atoms with Gasteiger partial charge in [-0.15, -0.1) is 0 Å². The van der Waals surface area contributed by atoms with Crippen LogP contribution in [0.25, 0.3) is 0 Å². The third kappa shape index (κ3) is 7.52. The molecule has 0 radical (unpaired) electrons. The molecule has 0 bridgehead atoms. The number of nitrogens with zero attached hydrogens (tertiary/aromatic N) is 1. The standard InChI is InChI=1S/C13H20N2O5S/c1-15(2)7-8-20-12-5-3-4-11(10-12)14-21(18,19)9-6-13(16)17/h3-5,10,14H,6-9H2,1-2H3,(H,16,17). The highest BCUT2D eigenvalue weighted by atomic mass is 32.2. The summed E-state index contributed by atoms with van der Waals surface area (Å²) in [7, 11) is 0.179. The average molecular weight is 316 g/mol. The zero-order chi connectivity index (χ0) is 15.9. The van der Waals surface area contributed by atoms with E-state index in [-0.39, 0.29) is 0 Å². The van der Waals surface area contributed by atoms with Crippen LogP contribution in [0.3, 0.4) is 0 Å². The Morgan fingerprint density at radius 3 is 2.71 bits per heavy atom. The molecule has 1 aromatic rings. The lowest BCUT2D eigenvalue weighted by Crippen LogP contribution is -2.20. The Morgan fingerprint density at radius 2 is 2.10 bits per heavy atom. The van der Waals surface area contributed by atoms with Gasteiger partial charge in [0.05, 0.1) is 17.9 Å². The quantitative estimate of drug-likeness (QED) is 0.701. The molecule has 2 N–H and O–H groups in total. The van der Waals surface area contributed by atoms with Crippen molar-refractivity contribution in [3.63, 3.8) is 0 Å². The third-order valence-electron chi connectivity index (χ3n) is 2.50. The zero-order valence-electron chi connectivity index (χ0n) is 12.1. The van der Waals surface area contributed by atoms with Crippen molar-refractivity contribution in [1.82, 2.24) is 4.90 Å². The molecule has 7 nitrogen and oxygen atoms in total. The van der Waals surface area contributed by atoms with Crippen molar-refractivity contribution in [1.29, 1.82) is 0 Å². The Hall–Kier alpha value is -1.80. The number of carbonyl (C=O) groups is 1. The van der Waals surface area contributed by atoms with Gasteiger partial charge in [-0.3, -0.25) is 9.52 Å². The number of hydrogen-bond acceptors (Lipinski definition) is 5. The number of benzene rings is 1. The summed E-state index contributed by atoms with van der Waals surface area (Å²) < 4.78 is 31.2. The molecule has 0 heterocycles. The van der Waals surface area contributed by atoms with Crippen LogP contribution < -0.4 is 9.46 Å². The number of carboxylic acid groups (broad SMARTS) is 1. The van der Waals surface area contributed by atoms with Gasteiger partial charge in [-0.05, 0) is 26.2 Å². The highest BCUT2D eigenvalue weighted by Gasteiger charge is 2.13. The molecule has 0 aliphatic carbocycles. The highest BCUT2D eigenvalue weighted by molar-refractivity contribution is 7.92. The van der Waals surface area contributed by atoms with E-state index in [9.17, 15) is 13.2 Å². The van der Waals surface area contributed by atoms with Gasteiger partial charge in [0.1, 0.15) is 12.4 Å². The Morgan fingerprint density at radius 1 is 1.38 bits per heavy atom. The summed E-state index contributed by atoms with van der Waals surface area (Å²) >= 11 is 0. The van der Waals surface area contributed by atoms with E-state index < -0.39 is 28.2 Å². The van der Waals surface area contributed by atoms with Crippen molar-refractivity contribution in [3.8, 4) is 5.75 Å². The van der Waals surface area contributed by atoms with E-state index in [4.69, 9.17) is 9.84 Å². The van der Waals surface area contributed by atoms with E-state index in [1.807, 2.05) is 19.0 Å². The maximum atomic E-state index is 11.7. The molecule has 0 fully saturated rings. The first-order chi connectivity index (χ1) is 9.78. The molecule has 8 heteroatoms. The Labute approximate surface area is 124 Å². The van der Waals surface area contributed by atoms with Crippen molar-refractivity contribution in [3.05, 3.63) is 24.3 Å². The number of nitrogens with one attached hydrogen (secondary N) is 1. The number of carboxylic acids is 1. The molecule has 0 aromatic heterocycles. The first kappa shape index (κ1) is 17.3. The van der Waals surface area contributed by atoms with Crippen LogP contribution in [0.1, 0.15) is 6.42 Å². The minimum atomic E-state index is -3.68. The van der Waals surface area contributed by atoms with Crippen molar-refractivity contribution >= 4 is 21.7 Å². The van der Waals surface area contributed by atoms with Gasteiger partial charge in [0.2, 0.25) is 10.0 Å². The molecular weight excluding hydrogens is 296 g/mol. The summed E-state index contributed by atoms with van der Waals surface area (Å²) in [6.45, 7) is 1.23. The smallest absolute Gasteiger partial charge is 0.304 e. The van der Waals surface area contributed by atoms with Gasteiger partial charge in [0.25, 0.3) is 0 Å². The van der Waals surface area contributed by atoms with Gasteiger partial charge in [-0.2, -0.15) is 0 Å². The van der Waals surface area contributed by atoms with Gasteiger partial charge in [-0.25, -0.2) is 8.42 Å². The topological polar surface area (TPSA) is 95.9 Å². The summed E-state index contributed by atoms with van der Waals surface area (Å²) in [5, 5.41) is 8.51. The monoisotopic (exact) mass is 316 g/mol. The molecule has 0 saturated heterocycles. The van der Waals surface area contributed by atoms with E-state index >= 15 is 0 Å². The Bertz CT molecular complexity index is 572. The second-order valence-electron chi connectivity index (χ2n) is 4.74. The maximum absolute atomic E-state index is 11.7. The lowest BCUT2D eigenvalue weighted by Gasteiger charge is -2.12. The third-order valence-corrected chi connectivity index (χ3v) is 3.79. The lowest BCUT2D eigenvalue weighted by atomic mass is 10.3. The molecule has 0 saturated carbocycles. The molecule has 0 amide bonds. The number of anilines is 1. The Kier molecular flexibility index (Phi) is 6.44. The van der Waals surface area contributed by atoms with Crippen LogP contribution >= 0.6 is 0 Å². The number of ether oxygens (including phenoxy) is 1. The predicted octanol–water partition coefficient (Wildman–Crippen LogP) is 0.843. The first-order valence-electron chi connectivity index (χ1n) is 6.38. The maximum Gasteiger partial charge on any atom is 0.304 e. The molecule has 0 aliphatic rings. The SMILES string of the molecule is CN(C)CCOc1cccc(NS(=O)(=O)CCC(=O)O)c1. The first-order valence-corrected chi connectivity index (χ1v) is 8.03. The van der Waals surface area contributed by atoms with Crippen molar-refractivity contribution in [2.45, 2.75) is 6.42 Å². The number of hydrogen-bond donors (Lipinski definition) is 2. The van der Waals surface area contributed by atoms with Gasteiger partial charge < -0.3 is 14.7 Å². The van der Waals surface area contributed by atoms with Crippen LogP contribution in [0.2, 0.25) is 0 Å². The largest absolute Gasteiger partial charge is 0.492 e. The van der Waals surface area contributed by atoms with Gasteiger partial charge in [0, 0.05) is 12.6 Å². The zero-order valence-corrected chi connectivity index (χ0v) is 12.9. The summed E-state index contributed by atoms with van der Waals surface area (Å²) in [5.74, 6) is -1.06. The molecular formula is C13H20N2O5S. The number of likely N-dealkylation sites (N-methyl/N-ethyl adjacent to an activating group) is 1. The average Bonchev–Trinajstić information content (AvgIpc) is 2.36. The predicted molar refractivity (Wildman–Crippen MR) is 80.2 cm³/mol. The molecule has 118 valence electrons. The van der Waals surface area contributed by atoms with E-state index in [1.165, 1.54) is 0 Å². The van der Waals surface area contributed by atoms with Crippen LogP contribution in [0.15, 0.2) is 24.3 Å². The molecule has 0 atom stereocenters. The number of rotatable bonds is 9. The summed E-state index contributed by atoms with van der Waals surface area (Å²) in [5.41, 5.74) is 0.350. The van der Waals surface area contributed by atoms with Crippen LogP contribution in [0.5, 0.6) is 5.75 Å². The number of sulfonamides is 1. The van der Waals surface area contributed by atoms with Crippen LogP contribution in [0.4, 0.5) is 5.69 Å². The van der Waals surface area contributed by atoms with Crippen LogP contribution in [-0.4, -0.2) is 57.4 Å². The van der Waals surface area contributed by atoms with Crippen LogP contribution in [-0.2, 0) is 14.8 Å². The van der Waals surface area contributed by atoms with Gasteiger partial charge in [-0.1, -0.05) is 6.07 Å². The summed E-state index contributed by atoms with van der Waals surface area (Å²) in [4.78, 5) is 12.4. The Balaban J connectivity index is 2.61. The molecule has 21 heavy (non-hydrogen) atoms. The fourth-order valence-electron chi connectivity index (χ4n) is 1.45. The van der Waals surface area contributed by atoms with Crippen molar-refractivity contribution in [2.24, 2.45) is 0 Å². The molecule has 1 aromatic carbocycles. The summed E-state index contributed by atoms with van der Waals surface area (Å²) in [6, 6.07) is 6.54. The van der Waals surface area contributed by atoms with Crippen molar-refractivity contribution < 1.29 is 23.1 Å². The van der Waals surface area contributed by atoms with Gasteiger partial charge in [0.15, 0.2) is 0 Å². The number of aliphatic carboxylic acids is 1. The van der Waals surface area contributed by atoms with E-state index in [0.29, 0.717) is 18.0 Å². The molecule has 0 unspecified atom stereocenters. The minimum Gasteiger partial charge on any atom is -0.492 e. The minimum absolute atomic E-state index is 0.350. The fraction of sp³-hybridized carbons (Fsp3) is 0.462.